The number of nitrogens with zero attached hydrogens (tertiary/aromatic N) is 5. The fourth-order valence-electron chi connectivity index (χ4n) is 5.04. The number of epoxide rings is 1. The van der Waals surface area contributed by atoms with E-state index >= 15 is 0 Å². The largest absolute Gasteiger partial charge is 0.573 e. The van der Waals surface area contributed by atoms with Crippen LogP contribution >= 0.6 is 0 Å². The summed E-state index contributed by atoms with van der Waals surface area (Å²) in [5.74, 6) is -0.509. The van der Waals surface area contributed by atoms with Gasteiger partial charge in [0, 0.05) is 25.1 Å². The summed E-state index contributed by atoms with van der Waals surface area (Å²) in [6.07, 6.45) is 1.64. The highest BCUT2D eigenvalue weighted by Crippen LogP contribution is 2.40. The molecule has 1 N–H and O–H groups in total. The molecule has 1 aliphatic carbocycles. The van der Waals surface area contributed by atoms with Crippen LogP contribution in [0.2, 0.25) is 0 Å². The van der Waals surface area contributed by atoms with E-state index in [4.69, 9.17) is 9.72 Å². The summed E-state index contributed by atoms with van der Waals surface area (Å²) in [5, 5.41) is 10.4. The van der Waals surface area contributed by atoms with Crippen molar-refractivity contribution in [3.63, 3.8) is 0 Å². The van der Waals surface area contributed by atoms with Crippen LogP contribution in [0.5, 0.6) is 5.75 Å². The second-order valence-electron chi connectivity index (χ2n) is 10.1. The smallest absolute Gasteiger partial charge is 0.509 e. The van der Waals surface area contributed by atoms with Crippen molar-refractivity contribution in [2.75, 3.05) is 0 Å². The molecule has 1 amide bonds. The Hall–Kier alpha value is -5.04. The van der Waals surface area contributed by atoms with Crippen molar-refractivity contribution < 1.29 is 32.5 Å². The van der Waals surface area contributed by atoms with Gasteiger partial charge >= 0.3 is 6.36 Å². The van der Waals surface area contributed by atoms with Crippen LogP contribution in [0.25, 0.3) is 16.7 Å². The molecule has 1 aromatic carbocycles. The van der Waals surface area contributed by atoms with Gasteiger partial charge in [0.05, 0.1) is 23.5 Å². The Morgan fingerprint density at radius 3 is 2.58 bits per heavy atom. The molecule has 10 nitrogen and oxygen atoms in total. The number of halogens is 3. The molecule has 1 saturated heterocycles. The molecule has 220 valence electrons. The number of benzene rings is 1. The number of allylic oxidation sites excluding steroid dienone is 2. The lowest BCUT2D eigenvalue weighted by molar-refractivity contribution is -0.274. The molecule has 2 aliphatic rings. The fourth-order valence-corrected chi connectivity index (χ4v) is 5.04. The Balaban J connectivity index is 1.40. The number of alkyl halides is 3. The summed E-state index contributed by atoms with van der Waals surface area (Å²) in [6.45, 7) is 1.82. The van der Waals surface area contributed by atoms with E-state index in [1.54, 1.807) is 49.7 Å². The minimum Gasteiger partial charge on any atom is -0.509 e. The Labute approximate surface area is 242 Å². The van der Waals surface area contributed by atoms with E-state index in [9.17, 15) is 27.9 Å². The standard InChI is InChI=1S/C30H24F3N5O5/c1-17(28-36-27-21(5-3-13-35-27)29(41)38(28)22-10-11-23(39)26-25(22)42-26)37(16-19-4-2-12-34-15-19)24(40)14-18-6-8-20(9-7-18)43-30(31,32)33/h2-13,15,17,25-26,39H,14,16H2,1H3/t17-,25?,26?/m1/s1. The summed E-state index contributed by atoms with van der Waals surface area (Å²) >= 11 is 0. The number of aliphatic hydroxyl groups is 1. The van der Waals surface area contributed by atoms with Crippen LogP contribution in [-0.2, 0) is 22.5 Å². The number of carbonyl (C=O) groups is 1. The van der Waals surface area contributed by atoms with Crippen LogP contribution < -0.4 is 10.3 Å². The number of aliphatic hydroxyl groups excluding tert-OH is 1. The predicted octanol–water partition coefficient (Wildman–Crippen LogP) is 4.48. The second-order valence-corrected chi connectivity index (χ2v) is 10.1. The minimum atomic E-state index is -4.83. The van der Waals surface area contributed by atoms with Crippen molar-refractivity contribution in [1.82, 2.24) is 24.4 Å². The van der Waals surface area contributed by atoms with Crippen molar-refractivity contribution >= 4 is 22.6 Å². The maximum absolute atomic E-state index is 13.9. The Kier molecular flexibility index (Phi) is 7.18. The molecule has 1 fully saturated rings. The average Bonchev–Trinajstić information content (AvgIpc) is 3.79. The molecule has 2 unspecified atom stereocenters. The third-order valence-corrected chi connectivity index (χ3v) is 7.18. The van der Waals surface area contributed by atoms with Crippen molar-refractivity contribution in [2.24, 2.45) is 0 Å². The summed E-state index contributed by atoms with van der Waals surface area (Å²) in [4.78, 5) is 42.4. The Morgan fingerprint density at radius 2 is 1.86 bits per heavy atom. The zero-order chi connectivity index (χ0) is 30.3. The van der Waals surface area contributed by atoms with Crippen molar-refractivity contribution in [3.05, 3.63) is 112 Å². The third-order valence-electron chi connectivity index (χ3n) is 7.18. The molecule has 1 aliphatic heterocycles. The molecular weight excluding hydrogens is 567 g/mol. The van der Waals surface area contributed by atoms with Crippen LogP contribution in [0.15, 0.2) is 89.8 Å². The summed E-state index contributed by atoms with van der Waals surface area (Å²) in [7, 11) is 0. The van der Waals surface area contributed by atoms with Crippen LogP contribution in [-0.4, -0.2) is 54.0 Å². The van der Waals surface area contributed by atoms with Gasteiger partial charge < -0.3 is 19.5 Å². The maximum atomic E-state index is 13.9. The highest BCUT2D eigenvalue weighted by molar-refractivity contribution is 5.80. The molecule has 3 atom stereocenters. The van der Waals surface area contributed by atoms with Crippen LogP contribution in [0, 0.1) is 0 Å². The van der Waals surface area contributed by atoms with E-state index in [0.717, 1.165) is 12.1 Å². The van der Waals surface area contributed by atoms with Gasteiger partial charge in [0.2, 0.25) is 5.91 Å². The van der Waals surface area contributed by atoms with Gasteiger partial charge in [-0.05, 0) is 60.5 Å². The molecule has 43 heavy (non-hydrogen) atoms. The van der Waals surface area contributed by atoms with E-state index in [0.29, 0.717) is 16.8 Å². The van der Waals surface area contributed by atoms with Crippen molar-refractivity contribution in [1.29, 1.82) is 0 Å². The highest BCUT2D eigenvalue weighted by Gasteiger charge is 2.48. The van der Waals surface area contributed by atoms with Crippen molar-refractivity contribution in [3.8, 4) is 5.75 Å². The highest BCUT2D eigenvalue weighted by atomic mass is 19.4. The van der Waals surface area contributed by atoms with E-state index in [2.05, 4.69) is 14.7 Å². The van der Waals surface area contributed by atoms with Crippen LogP contribution in [0.4, 0.5) is 13.2 Å². The van der Waals surface area contributed by atoms with Gasteiger partial charge in [0.1, 0.15) is 29.5 Å². The van der Waals surface area contributed by atoms with Gasteiger partial charge in [0.15, 0.2) is 5.65 Å². The summed E-state index contributed by atoms with van der Waals surface area (Å²) in [6, 6.07) is 11.0. The number of pyridine rings is 2. The molecule has 0 saturated carbocycles. The SMILES string of the molecule is C[C@H](c1nc2ncccc2c(=O)n1C1=CC=C(O)C2OC12)N(Cc1cccnc1)C(=O)Cc1ccc(OC(F)(F)F)cc1. The van der Waals surface area contributed by atoms with Crippen LogP contribution in [0.1, 0.15) is 29.9 Å². The van der Waals surface area contributed by atoms with E-state index < -0.39 is 35.9 Å². The van der Waals surface area contributed by atoms with Gasteiger partial charge in [-0.25, -0.2) is 9.97 Å². The molecule has 6 rings (SSSR count). The lowest BCUT2D eigenvalue weighted by atomic mass is 10.1. The van der Waals surface area contributed by atoms with Gasteiger partial charge in [-0.2, -0.15) is 0 Å². The number of ether oxygens (including phenoxy) is 2. The molecule has 0 bridgehead atoms. The molecule has 0 radical (unpaired) electrons. The molecular formula is C30H24F3N5O5. The zero-order valence-electron chi connectivity index (χ0n) is 22.6. The first-order chi connectivity index (χ1) is 20.6. The number of fused-ring (bicyclic) bond motifs is 2. The van der Waals surface area contributed by atoms with Gasteiger partial charge in [-0.3, -0.25) is 19.1 Å². The van der Waals surface area contributed by atoms with Crippen molar-refractivity contribution in [2.45, 2.75) is 44.5 Å². The van der Waals surface area contributed by atoms with E-state index in [1.165, 1.54) is 33.9 Å². The molecule has 0 spiro atoms. The first-order valence-corrected chi connectivity index (χ1v) is 13.3. The zero-order valence-corrected chi connectivity index (χ0v) is 22.6. The first kappa shape index (κ1) is 28.1. The van der Waals surface area contributed by atoms with Gasteiger partial charge in [-0.15, -0.1) is 13.2 Å². The second kappa shape index (κ2) is 11.0. The van der Waals surface area contributed by atoms with Gasteiger partial charge in [0.25, 0.3) is 5.56 Å². The Bertz CT molecular complexity index is 1810. The number of hydrogen-bond acceptors (Lipinski definition) is 8. The summed E-state index contributed by atoms with van der Waals surface area (Å²) in [5.41, 5.74) is 1.41. The quantitative estimate of drug-likeness (QED) is 0.298. The number of hydrogen-bond donors (Lipinski definition) is 1. The molecule has 13 heteroatoms. The number of carbonyl (C=O) groups excluding carboxylic acids is 1. The average molecular weight is 592 g/mol. The first-order valence-electron chi connectivity index (χ1n) is 13.3. The molecule has 4 heterocycles. The number of aromatic nitrogens is 4. The predicted molar refractivity (Wildman–Crippen MR) is 147 cm³/mol. The lowest BCUT2D eigenvalue weighted by Crippen LogP contribution is -2.38. The van der Waals surface area contributed by atoms with E-state index in [-0.39, 0.29) is 41.5 Å². The van der Waals surface area contributed by atoms with Gasteiger partial charge in [-0.1, -0.05) is 18.2 Å². The maximum Gasteiger partial charge on any atom is 0.573 e. The van der Waals surface area contributed by atoms with Crippen LogP contribution in [0.3, 0.4) is 0 Å². The minimum absolute atomic E-state index is 0.0480. The molecule has 3 aromatic heterocycles. The monoisotopic (exact) mass is 591 g/mol. The number of rotatable bonds is 8. The summed E-state index contributed by atoms with van der Waals surface area (Å²) < 4.78 is 48.8. The Morgan fingerprint density at radius 1 is 1.09 bits per heavy atom. The number of amides is 1. The normalized spacial score (nSPS) is 18.3. The molecule has 4 aromatic rings. The fraction of sp³-hybridized carbons (Fsp3) is 0.233. The van der Waals surface area contributed by atoms with E-state index in [1.807, 2.05) is 0 Å². The lowest BCUT2D eigenvalue weighted by Gasteiger charge is -2.31. The third kappa shape index (κ3) is 5.84. The topological polar surface area (TPSA) is 123 Å².